The lowest BCUT2D eigenvalue weighted by atomic mass is 9.55. The predicted molar refractivity (Wildman–Crippen MR) is 487 cm³/mol. The number of esters is 7. The third-order valence-electron chi connectivity index (χ3n) is 27.5. The first-order valence-corrected chi connectivity index (χ1v) is 47.2. The van der Waals surface area contributed by atoms with Crippen molar-refractivity contribution < 1.29 is 85.8 Å². The lowest BCUT2D eigenvalue weighted by Crippen LogP contribution is -2.55. The maximum atomic E-state index is 15.1. The quantitative estimate of drug-likeness (QED) is 0.0154. The van der Waals surface area contributed by atoms with Crippen molar-refractivity contribution in [3.63, 3.8) is 0 Å². The predicted octanol–water partition coefficient (Wildman–Crippen LogP) is 15.2. The molecule has 3 aromatic rings. The van der Waals surface area contributed by atoms with E-state index in [2.05, 4.69) is 92.5 Å². The largest absolute Gasteiger partial charge is 0.469 e. The van der Waals surface area contributed by atoms with Crippen LogP contribution >= 0.6 is 0 Å². The van der Waals surface area contributed by atoms with Gasteiger partial charge >= 0.3 is 41.8 Å². The number of aryl methyl sites for hydroxylation is 2. The monoisotopic (exact) mass is 1740 g/mol. The summed E-state index contributed by atoms with van der Waals surface area (Å²) >= 11 is 0. The van der Waals surface area contributed by atoms with Gasteiger partial charge in [0.2, 0.25) is 11.8 Å². The lowest BCUT2D eigenvalue weighted by molar-refractivity contribution is -0.147. The molecule has 676 valence electrons. The molecule has 7 aliphatic heterocycles. The number of amides is 2. The van der Waals surface area contributed by atoms with Crippen LogP contribution in [-0.2, 0) is 85.8 Å². The van der Waals surface area contributed by atoms with Crippen molar-refractivity contribution in [2.24, 2.45) is 60.3 Å². The van der Waals surface area contributed by atoms with E-state index in [4.69, 9.17) is 67.6 Å². The van der Waals surface area contributed by atoms with E-state index < -0.39 is 101 Å². The molecule has 125 heavy (non-hydrogen) atoms. The Morgan fingerprint density at radius 1 is 0.520 bits per heavy atom. The van der Waals surface area contributed by atoms with Crippen molar-refractivity contribution in [1.82, 2.24) is 35.9 Å². The van der Waals surface area contributed by atoms with E-state index in [1.165, 1.54) is 42.7 Å². The molecule has 7 aliphatic rings. The van der Waals surface area contributed by atoms with Crippen LogP contribution in [0, 0.1) is 59.2 Å². The highest BCUT2D eigenvalue weighted by atomic mass is 28.3. The fourth-order valence-corrected chi connectivity index (χ4v) is 20.3. The minimum atomic E-state index is -1.45. The first kappa shape index (κ1) is 96.7. The van der Waals surface area contributed by atoms with Crippen molar-refractivity contribution in [3.8, 4) is 0 Å². The Morgan fingerprint density at radius 2 is 1.02 bits per heavy atom. The third-order valence-corrected chi connectivity index (χ3v) is 29.2. The van der Waals surface area contributed by atoms with Gasteiger partial charge in [-0.3, -0.25) is 58.1 Å². The van der Waals surface area contributed by atoms with Crippen LogP contribution in [0.25, 0.3) is 56.5 Å². The highest BCUT2D eigenvalue weighted by Gasteiger charge is 2.67. The molecule has 2 amide bonds. The molecule has 0 saturated carbocycles. The molecule has 29 heteroatoms. The van der Waals surface area contributed by atoms with Gasteiger partial charge in [-0.15, -0.1) is 0 Å². The molecule has 10 heterocycles. The number of nitrogens with zero attached hydrogens (tertiary/aromatic N) is 5. The van der Waals surface area contributed by atoms with Gasteiger partial charge in [-0.1, -0.05) is 79.6 Å². The molecular formula is C96H130N10O18Si. The van der Waals surface area contributed by atoms with Gasteiger partial charge in [0.1, 0.15) is 0 Å². The van der Waals surface area contributed by atoms with Crippen molar-refractivity contribution in [1.29, 1.82) is 0 Å². The molecule has 0 radical (unpaired) electrons. The van der Waals surface area contributed by atoms with E-state index in [1.54, 1.807) is 0 Å². The van der Waals surface area contributed by atoms with Crippen LogP contribution in [0.3, 0.4) is 0 Å². The minimum absolute atomic E-state index is 0.0249. The summed E-state index contributed by atoms with van der Waals surface area (Å²) in [6.07, 6.45) is 6.68. The normalized spacial score (nSPS) is 23.6. The molecule has 16 bridgehead atoms. The number of aromatic amines is 2. The van der Waals surface area contributed by atoms with Crippen LogP contribution < -0.4 is 16.0 Å². The molecule has 0 aromatic carbocycles. The Hall–Kier alpha value is -10.5. The SMILES string of the molecule is C=Cc1c(C)c2cc3[nH]c(cc4nc(cc5nc(cc1[nH]2)C(C)=C5CCC(=O)OCC[Si](C)(C)C)C(CCC(=O)NCCOCCOCCNC(=O)C[C@]1(C)/C2=C(\C)C5=N[C@@](C)(C6N=C(C(C)=C7N=C(C=C(N2)[C@H]1CCC(=O)OC)C(C)(C)[C@@H]7CCC(=O)OC)[C@](C)(CCC(=O)OC)[C@H]6CC(=O)OC)[C@@](C)(CC(=O)OC)[C@@H]5CCC(=O)OC)=C4C)c(C)c3C=C. The Morgan fingerprint density at radius 3 is 1.57 bits per heavy atom. The summed E-state index contributed by atoms with van der Waals surface area (Å²) in [4.78, 5) is 160. The van der Waals surface area contributed by atoms with Crippen LogP contribution in [0.5, 0.6) is 0 Å². The van der Waals surface area contributed by atoms with Crippen LogP contribution in [0.4, 0.5) is 0 Å². The van der Waals surface area contributed by atoms with E-state index in [0.29, 0.717) is 76.2 Å². The van der Waals surface area contributed by atoms with Crippen LogP contribution in [-0.4, -0.2) is 199 Å². The number of nitrogens with one attached hydrogen (secondary N) is 5. The van der Waals surface area contributed by atoms with Crippen molar-refractivity contribution in [2.45, 2.75) is 217 Å². The number of methoxy groups -OCH3 is 6. The molecule has 10 rings (SSSR count). The second kappa shape index (κ2) is 40.4. The summed E-state index contributed by atoms with van der Waals surface area (Å²) in [7, 11) is 6.43. The first-order chi connectivity index (χ1) is 59.1. The van der Waals surface area contributed by atoms with E-state index in [0.717, 1.165) is 84.0 Å². The maximum Gasteiger partial charge on any atom is 0.306 e. The van der Waals surface area contributed by atoms with Gasteiger partial charge in [0.15, 0.2) is 0 Å². The first-order valence-electron chi connectivity index (χ1n) is 43.5. The van der Waals surface area contributed by atoms with Gasteiger partial charge in [0.25, 0.3) is 0 Å². The van der Waals surface area contributed by atoms with Gasteiger partial charge in [-0.05, 0) is 168 Å². The summed E-state index contributed by atoms with van der Waals surface area (Å²) in [5.74, 6) is -6.44. The maximum absolute atomic E-state index is 15.1. The van der Waals surface area contributed by atoms with Gasteiger partial charge in [0, 0.05) is 179 Å². The number of hydrogen-bond donors (Lipinski definition) is 5. The summed E-state index contributed by atoms with van der Waals surface area (Å²) in [5.41, 5.74) is 12.6. The summed E-state index contributed by atoms with van der Waals surface area (Å²) in [6.45, 7) is 40.3. The summed E-state index contributed by atoms with van der Waals surface area (Å²) in [6, 6.07) is 8.04. The molecule has 28 nitrogen and oxygen atoms in total. The molecule has 5 N–H and O–H groups in total. The van der Waals surface area contributed by atoms with Gasteiger partial charge < -0.3 is 68.6 Å². The van der Waals surface area contributed by atoms with Crippen molar-refractivity contribution in [2.75, 3.05) is 88.8 Å². The summed E-state index contributed by atoms with van der Waals surface area (Å²) in [5, 5.41) is 9.94. The molecule has 9 atom stereocenters. The smallest absolute Gasteiger partial charge is 0.306 e. The van der Waals surface area contributed by atoms with E-state index in [1.807, 2.05) is 91.8 Å². The number of aliphatic imine (C=N–C) groups is 3. The Kier molecular flexibility index (Phi) is 31.3. The minimum Gasteiger partial charge on any atom is -0.469 e. The Bertz CT molecular complexity index is 5220. The lowest BCUT2D eigenvalue weighted by Gasteiger charge is -2.48. The highest BCUT2D eigenvalue weighted by Crippen LogP contribution is 2.63. The number of fused-ring (bicyclic) bond motifs is 14. The zero-order chi connectivity index (χ0) is 91.6. The number of hydrogen-bond acceptors (Lipinski definition) is 24. The fourth-order valence-electron chi connectivity index (χ4n) is 19.6. The number of carbonyl (C=O) groups is 9. The number of ether oxygens (including phenoxy) is 9. The van der Waals surface area contributed by atoms with Crippen LogP contribution in [0.1, 0.15) is 211 Å². The average molecular weight is 1740 g/mol. The number of H-pyrrole nitrogens is 2. The van der Waals surface area contributed by atoms with E-state index in [-0.39, 0.29) is 141 Å². The van der Waals surface area contributed by atoms with Crippen LogP contribution in [0.15, 0.2) is 86.7 Å². The van der Waals surface area contributed by atoms with Crippen LogP contribution in [0.2, 0.25) is 25.7 Å². The van der Waals surface area contributed by atoms with E-state index >= 15 is 4.79 Å². The number of carbonyl (C=O) groups excluding carboxylic acids is 9. The number of aromatic nitrogens is 4. The van der Waals surface area contributed by atoms with Gasteiger partial charge in [0.05, 0.1) is 123 Å². The molecule has 3 aromatic heterocycles. The van der Waals surface area contributed by atoms with Gasteiger partial charge in [-0.2, -0.15) is 0 Å². The number of rotatable bonds is 38. The highest BCUT2D eigenvalue weighted by molar-refractivity contribution is 6.76. The summed E-state index contributed by atoms with van der Waals surface area (Å²) < 4.78 is 49.9. The topological polar surface area (TPSA) is 367 Å². The van der Waals surface area contributed by atoms with E-state index in [9.17, 15) is 38.4 Å². The van der Waals surface area contributed by atoms with Crippen molar-refractivity contribution in [3.05, 3.63) is 117 Å². The second-order valence-corrected chi connectivity index (χ2v) is 42.2. The zero-order valence-corrected chi connectivity index (χ0v) is 78.2. The fraction of sp³-hybridized carbons (Fsp3) is 0.562. The standard InChI is InChI=1S/C96H130N10O18Si/c1-24-60-54(3)68-47-69-56(5)62(74(101-69)50-75-63(27-32-84(113)124-44-45-125(21,22)23)57(6)71(102-75)49-73-61(25-2)55(4)70(100-73)48-72(60)99-68)26-31-78(107)97-38-40-122-42-43-123-41-39-98-79(108)52-94(12)64(28-33-80(109)116-15)76-51-77-92(9,10)65(29-34-81(110)117-16)87(104-77)58(7)89-93(11,37-36-83(112)119-18)67(46-85(114)120-19)91(105-89)96(14)95(13,53-86(115)121-20)66(30-35-82(111)118-17)88(106-96)59(8)90(94)103-76/h24-25,47-51,64-67,91,99-100,103H,1-2,26-46,52-53H2,3-23H3,(H,97,107)(H,98,108)/b68-47?,69-47?,70-48?,71-49?,72-48?,73-49?,74-50?,75-50?,76-51?,87-58?,90-59-/t64-,65-,66-,67+,91?,93-,94+,95+,96+/m1/s1. The Labute approximate surface area is 735 Å². The van der Waals surface area contributed by atoms with Crippen molar-refractivity contribution >= 4 is 135 Å². The zero-order valence-electron chi connectivity index (χ0n) is 77.2. The molecule has 1 unspecified atom stereocenters. The second-order valence-electron chi connectivity index (χ2n) is 36.6. The molecule has 1 fully saturated rings. The Balaban J connectivity index is 0.888. The van der Waals surface area contributed by atoms with Gasteiger partial charge in [-0.25, -0.2) is 9.97 Å². The molecule has 0 aliphatic carbocycles. The number of allylic oxidation sites excluding steroid dienone is 10. The molecule has 1 saturated heterocycles. The average Bonchev–Trinajstić information content (AvgIpc) is 1.52. The molecular weight excluding hydrogens is 1610 g/mol. The molecule has 0 spiro atoms. The third kappa shape index (κ3) is 20.8.